The van der Waals surface area contributed by atoms with Gasteiger partial charge in [0.15, 0.2) is 0 Å². The van der Waals surface area contributed by atoms with Crippen molar-refractivity contribution < 1.29 is 19.5 Å². The summed E-state index contributed by atoms with van der Waals surface area (Å²) in [5.41, 5.74) is 1.32. The molecule has 1 fully saturated rings. The molecule has 1 aliphatic heterocycles. The number of hydrogen-bond donors (Lipinski definition) is 2. The Labute approximate surface area is 161 Å². The summed E-state index contributed by atoms with van der Waals surface area (Å²) >= 11 is 5.90. The fraction of sp³-hybridized carbons (Fsp3) is 0.150. The van der Waals surface area contributed by atoms with Crippen LogP contribution in [0.5, 0.6) is 5.75 Å². The van der Waals surface area contributed by atoms with E-state index in [9.17, 15) is 19.5 Å². The Hall–Kier alpha value is -3.12. The largest absolute Gasteiger partial charge is 0.507 e. The van der Waals surface area contributed by atoms with Gasteiger partial charge in [0.2, 0.25) is 0 Å². The number of barbiturate groups is 1. The monoisotopic (exact) mass is 384 g/mol. The second-order valence-corrected chi connectivity index (χ2v) is 6.84. The van der Waals surface area contributed by atoms with E-state index in [0.29, 0.717) is 16.6 Å². The number of nitrogens with zero attached hydrogens (tertiary/aromatic N) is 1. The molecule has 138 valence electrons. The number of hydrogen-bond acceptors (Lipinski definition) is 4. The fourth-order valence-electron chi connectivity index (χ4n) is 2.70. The van der Waals surface area contributed by atoms with Gasteiger partial charge >= 0.3 is 6.03 Å². The summed E-state index contributed by atoms with van der Waals surface area (Å²) in [6.45, 7) is 4.06. The molecule has 6 nitrogen and oxygen atoms in total. The Bertz CT molecular complexity index is 964. The molecule has 3 rings (SSSR count). The Morgan fingerprint density at radius 1 is 1.07 bits per heavy atom. The van der Waals surface area contributed by atoms with Crippen LogP contribution in [0.4, 0.5) is 10.5 Å². The van der Waals surface area contributed by atoms with Crippen LogP contribution in [0.1, 0.15) is 30.9 Å². The van der Waals surface area contributed by atoms with Crippen LogP contribution in [0, 0.1) is 0 Å². The molecule has 2 aromatic carbocycles. The standard InChI is InChI=1S/C20H17ClN2O4/c1-11(2)12-3-6-15(7-4-12)23-19(26)16(18(25)22-20(23)27)10-13-9-14(21)5-8-17(13)24/h3-11,24H,1-2H3,(H,22,25,27)/b16-10-. The molecule has 0 saturated carbocycles. The van der Waals surface area contributed by atoms with Crippen LogP contribution in [0.15, 0.2) is 48.0 Å². The third-order valence-corrected chi connectivity index (χ3v) is 4.44. The minimum atomic E-state index is -0.834. The molecule has 0 atom stereocenters. The van der Waals surface area contributed by atoms with E-state index in [0.717, 1.165) is 10.5 Å². The van der Waals surface area contributed by atoms with Crippen LogP contribution in [0.25, 0.3) is 6.08 Å². The van der Waals surface area contributed by atoms with Crippen LogP contribution in [-0.4, -0.2) is 23.0 Å². The first-order valence-corrected chi connectivity index (χ1v) is 8.65. The average molecular weight is 385 g/mol. The highest BCUT2D eigenvalue weighted by Gasteiger charge is 2.36. The number of anilines is 1. The van der Waals surface area contributed by atoms with E-state index in [-0.39, 0.29) is 16.9 Å². The zero-order valence-corrected chi connectivity index (χ0v) is 15.4. The normalized spacial score (nSPS) is 16.2. The highest BCUT2D eigenvalue weighted by Crippen LogP contribution is 2.27. The maximum atomic E-state index is 12.8. The van der Waals surface area contributed by atoms with Crippen LogP contribution >= 0.6 is 11.6 Å². The van der Waals surface area contributed by atoms with Crippen LogP contribution in [-0.2, 0) is 9.59 Å². The number of aromatic hydroxyl groups is 1. The second-order valence-electron chi connectivity index (χ2n) is 6.41. The van der Waals surface area contributed by atoms with Crippen molar-refractivity contribution in [1.29, 1.82) is 0 Å². The van der Waals surface area contributed by atoms with Crippen molar-refractivity contribution >= 4 is 41.2 Å². The molecule has 7 heteroatoms. The van der Waals surface area contributed by atoms with Crippen molar-refractivity contribution in [3.8, 4) is 5.75 Å². The molecule has 4 amide bonds. The first-order valence-electron chi connectivity index (χ1n) is 8.28. The SMILES string of the molecule is CC(C)c1ccc(N2C(=O)NC(=O)/C(=C/c3cc(Cl)ccc3O)C2=O)cc1. The number of phenolic OH excluding ortho intramolecular Hbond substituents is 1. The molecule has 0 aromatic heterocycles. The molecule has 1 aliphatic rings. The lowest BCUT2D eigenvalue weighted by molar-refractivity contribution is -0.122. The molecule has 1 saturated heterocycles. The lowest BCUT2D eigenvalue weighted by Crippen LogP contribution is -2.54. The number of amides is 4. The van der Waals surface area contributed by atoms with Gasteiger partial charge < -0.3 is 5.11 Å². The number of nitrogens with one attached hydrogen (secondary N) is 1. The van der Waals surface area contributed by atoms with Crippen molar-refractivity contribution in [3.63, 3.8) is 0 Å². The maximum Gasteiger partial charge on any atom is 0.335 e. The number of carbonyl (C=O) groups excluding carboxylic acids is 3. The van der Waals surface area contributed by atoms with Crippen molar-refractivity contribution in [1.82, 2.24) is 5.32 Å². The molecule has 0 unspecified atom stereocenters. The Kier molecular flexibility index (Phi) is 5.01. The summed E-state index contributed by atoms with van der Waals surface area (Å²) in [7, 11) is 0. The van der Waals surface area contributed by atoms with Crippen molar-refractivity contribution in [2.75, 3.05) is 4.90 Å². The molecule has 27 heavy (non-hydrogen) atoms. The van der Waals surface area contributed by atoms with E-state index in [1.807, 2.05) is 26.0 Å². The van der Waals surface area contributed by atoms with Gasteiger partial charge in [-0.3, -0.25) is 14.9 Å². The summed E-state index contributed by atoms with van der Waals surface area (Å²) in [6, 6.07) is 10.4. The Morgan fingerprint density at radius 2 is 1.74 bits per heavy atom. The minimum absolute atomic E-state index is 0.141. The van der Waals surface area contributed by atoms with Gasteiger partial charge in [-0.15, -0.1) is 0 Å². The first kappa shape index (κ1) is 18.7. The van der Waals surface area contributed by atoms with Crippen LogP contribution < -0.4 is 10.2 Å². The van der Waals surface area contributed by atoms with E-state index < -0.39 is 17.8 Å². The molecule has 0 aliphatic carbocycles. The molecule has 2 aromatic rings. The lowest BCUT2D eigenvalue weighted by atomic mass is 10.0. The van der Waals surface area contributed by atoms with Gasteiger partial charge in [-0.2, -0.15) is 0 Å². The predicted molar refractivity (Wildman–Crippen MR) is 103 cm³/mol. The number of urea groups is 1. The third kappa shape index (κ3) is 3.71. The predicted octanol–water partition coefficient (Wildman–Crippen LogP) is 3.84. The Morgan fingerprint density at radius 3 is 2.37 bits per heavy atom. The van der Waals surface area contributed by atoms with E-state index >= 15 is 0 Å². The van der Waals surface area contributed by atoms with Crippen molar-refractivity contribution in [2.45, 2.75) is 19.8 Å². The van der Waals surface area contributed by atoms with E-state index in [4.69, 9.17) is 11.6 Å². The minimum Gasteiger partial charge on any atom is -0.507 e. The van der Waals surface area contributed by atoms with Gasteiger partial charge in [-0.05, 0) is 47.9 Å². The number of imide groups is 2. The first-order chi connectivity index (χ1) is 12.8. The van der Waals surface area contributed by atoms with E-state index in [2.05, 4.69) is 5.32 Å². The number of carbonyl (C=O) groups is 3. The van der Waals surface area contributed by atoms with Crippen molar-refractivity contribution in [3.05, 3.63) is 64.2 Å². The van der Waals surface area contributed by atoms with Gasteiger partial charge in [0.1, 0.15) is 11.3 Å². The van der Waals surface area contributed by atoms with E-state index in [1.54, 1.807) is 12.1 Å². The number of phenols is 1. The topological polar surface area (TPSA) is 86.7 Å². The third-order valence-electron chi connectivity index (χ3n) is 4.21. The fourth-order valence-corrected chi connectivity index (χ4v) is 2.88. The van der Waals surface area contributed by atoms with E-state index in [1.165, 1.54) is 24.3 Å². The summed E-state index contributed by atoms with van der Waals surface area (Å²) in [6.07, 6.45) is 1.21. The lowest BCUT2D eigenvalue weighted by Gasteiger charge is -2.26. The average Bonchev–Trinajstić information content (AvgIpc) is 2.61. The quantitative estimate of drug-likeness (QED) is 0.621. The van der Waals surface area contributed by atoms with Crippen LogP contribution in [0.3, 0.4) is 0 Å². The van der Waals surface area contributed by atoms with Gasteiger partial charge in [-0.25, -0.2) is 9.69 Å². The molecule has 0 radical (unpaired) electrons. The summed E-state index contributed by atoms with van der Waals surface area (Å²) in [5, 5.41) is 12.4. The summed E-state index contributed by atoms with van der Waals surface area (Å²) < 4.78 is 0. The molecule has 0 spiro atoms. The van der Waals surface area contributed by atoms with Crippen molar-refractivity contribution in [2.24, 2.45) is 0 Å². The summed E-state index contributed by atoms with van der Waals surface area (Å²) in [5.74, 6) is -1.45. The Balaban J connectivity index is 2.01. The van der Waals surface area contributed by atoms with Gasteiger partial charge in [0.05, 0.1) is 5.69 Å². The zero-order valence-electron chi connectivity index (χ0n) is 14.7. The smallest absolute Gasteiger partial charge is 0.335 e. The molecule has 1 heterocycles. The number of halogens is 1. The van der Waals surface area contributed by atoms with Crippen LogP contribution in [0.2, 0.25) is 5.02 Å². The maximum absolute atomic E-state index is 12.8. The summed E-state index contributed by atoms with van der Waals surface area (Å²) in [4.78, 5) is 38.1. The molecule has 0 bridgehead atoms. The zero-order chi connectivity index (χ0) is 19.7. The number of benzene rings is 2. The number of rotatable bonds is 3. The second kappa shape index (κ2) is 7.25. The molecule has 2 N–H and O–H groups in total. The molecular formula is C20H17ClN2O4. The van der Waals surface area contributed by atoms with Gasteiger partial charge in [0.25, 0.3) is 11.8 Å². The highest BCUT2D eigenvalue weighted by molar-refractivity contribution is 6.39. The molecular weight excluding hydrogens is 368 g/mol. The van der Waals surface area contributed by atoms with Gasteiger partial charge in [-0.1, -0.05) is 37.6 Å². The van der Waals surface area contributed by atoms with Gasteiger partial charge in [0, 0.05) is 10.6 Å². The highest BCUT2D eigenvalue weighted by atomic mass is 35.5.